The molecule has 4 nitrogen and oxygen atoms in total. The lowest BCUT2D eigenvalue weighted by Crippen LogP contribution is -2.45. The average Bonchev–Trinajstić information content (AvgIpc) is 2.65. The normalized spacial score (nSPS) is 38.5. The van der Waals surface area contributed by atoms with Crippen molar-refractivity contribution < 1.29 is 9.59 Å². The molecule has 0 radical (unpaired) electrons. The van der Waals surface area contributed by atoms with E-state index in [4.69, 9.17) is 5.73 Å². The minimum Gasteiger partial charge on any atom is -0.369 e. The van der Waals surface area contributed by atoms with Crippen LogP contribution in [0, 0.1) is 17.8 Å². The van der Waals surface area contributed by atoms with E-state index in [1.54, 1.807) is 0 Å². The summed E-state index contributed by atoms with van der Waals surface area (Å²) in [4.78, 5) is 25.0. The number of nitrogens with zero attached hydrogens (tertiary/aromatic N) is 1. The fraction of sp³-hybridized carbons (Fsp3) is 0.846. The largest absolute Gasteiger partial charge is 0.369 e. The topological polar surface area (TPSA) is 63.4 Å². The van der Waals surface area contributed by atoms with Crippen LogP contribution < -0.4 is 5.73 Å². The maximum Gasteiger partial charge on any atom is 0.223 e. The zero-order valence-electron chi connectivity index (χ0n) is 10.7. The fourth-order valence-corrected chi connectivity index (χ4v) is 3.24. The van der Waals surface area contributed by atoms with Gasteiger partial charge in [-0.3, -0.25) is 9.59 Å². The van der Waals surface area contributed by atoms with Gasteiger partial charge in [-0.2, -0.15) is 0 Å². The molecule has 1 saturated carbocycles. The van der Waals surface area contributed by atoms with E-state index in [-0.39, 0.29) is 17.7 Å². The van der Waals surface area contributed by atoms with Crippen molar-refractivity contribution in [3.63, 3.8) is 0 Å². The quantitative estimate of drug-likeness (QED) is 0.784. The summed E-state index contributed by atoms with van der Waals surface area (Å²) >= 11 is 0. The van der Waals surface area contributed by atoms with E-state index in [0.29, 0.717) is 30.8 Å². The maximum atomic E-state index is 12.0. The molecule has 0 spiro atoms. The summed E-state index contributed by atoms with van der Waals surface area (Å²) in [5.41, 5.74) is 5.30. The molecule has 0 aromatic rings. The second kappa shape index (κ2) is 4.67. The minimum absolute atomic E-state index is 0.111. The van der Waals surface area contributed by atoms with Crippen LogP contribution in [0.25, 0.3) is 0 Å². The van der Waals surface area contributed by atoms with E-state index in [1.807, 2.05) is 4.90 Å². The van der Waals surface area contributed by atoms with E-state index in [2.05, 4.69) is 13.8 Å². The Morgan fingerprint density at radius 2 is 2.06 bits per heavy atom. The standard InChI is InChI=1S/C13H22N2O2/c1-8-4-3-5-11(9(8)2)15-7-10(13(14)17)6-12(15)16/h8-11H,3-7H2,1-2H3,(H2,14,17). The van der Waals surface area contributed by atoms with Gasteiger partial charge in [-0.1, -0.05) is 26.7 Å². The predicted molar refractivity (Wildman–Crippen MR) is 65.0 cm³/mol. The molecule has 4 atom stereocenters. The molecule has 2 fully saturated rings. The lowest BCUT2D eigenvalue weighted by Gasteiger charge is -2.39. The van der Waals surface area contributed by atoms with E-state index >= 15 is 0 Å². The van der Waals surface area contributed by atoms with Crippen LogP contribution in [0.5, 0.6) is 0 Å². The van der Waals surface area contributed by atoms with E-state index in [1.165, 1.54) is 12.8 Å². The number of nitrogens with two attached hydrogens (primary N) is 1. The SMILES string of the molecule is CC1CCCC(N2CC(C(N)=O)CC2=O)C1C. The summed E-state index contributed by atoms with van der Waals surface area (Å²) in [6, 6.07) is 0.315. The third kappa shape index (κ3) is 2.31. The zero-order valence-corrected chi connectivity index (χ0v) is 10.7. The maximum absolute atomic E-state index is 12.0. The molecule has 4 heteroatoms. The van der Waals surface area contributed by atoms with Crippen LogP contribution in [-0.4, -0.2) is 29.3 Å². The lowest BCUT2D eigenvalue weighted by molar-refractivity contribution is -0.132. The molecule has 0 aromatic heterocycles. The number of hydrogen-bond acceptors (Lipinski definition) is 2. The molecule has 1 saturated heterocycles. The van der Waals surface area contributed by atoms with Crippen molar-refractivity contribution in [1.82, 2.24) is 4.90 Å². The van der Waals surface area contributed by atoms with Crippen LogP contribution >= 0.6 is 0 Å². The summed E-state index contributed by atoms with van der Waals surface area (Å²) in [6.45, 7) is 5.01. The highest BCUT2D eigenvalue weighted by atomic mass is 16.2. The van der Waals surface area contributed by atoms with Crippen molar-refractivity contribution >= 4 is 11.8 Å². The Balaban J connectivity index is 2.07. The zero-order chi connectivity index (χ0) is 12.6. The summed E-state index contributed by atoms with van der Waals surface area (Å²) in [5.74, 6) is 0.692. The Labute approximate surface area is 103 Å². The van der Waals surface area contributed by atoms with Crippen LogP contribution in [0.3, 0.4) is 0 Å². The molecule has 2 N–H and O–H groups in total. The Morgan fingerprint density at radius 3 is 2.65 bits per heavy atom. The Kier molecular flexibility index (Phi) is 3.40. The van der Waals surface area contributed by atoms with E-state index in [0.717, 1.165) is 6.42 Å². The molecular formula is C13H22N2O2. The van der Waals surface area contributed by atoms with Gasteiger partial charge in [-0.15, -0.1) is 0 Å². The third-order valence-corrected chi connectivity index (χ3v) is 4.62. The summed E-state index contributed by atoms with van der Waals surface area (Å²) in [7, 11) is 0. The van der Waals surface area contributed by atoms with Crippen molar-refractivity contribution in [3.05, 3.63) is 0 Å². The van der Waals surface area contributed by atoms with Gasteiger partial charge in [0.15, 0.2) is 0 Å². The molecule has 2 aliphatic rings. The first-order valence-electron chi connectivity index (χ1n) is 6.59. The van der Waals surface area contributed by atoms with Gasteiger partial charge in [0, 0.05) is 19.0 Å². The lowest BCUT2D eigenvalue weighted by atomic mass is 9.77. The summed E-state index contributed by atoms with van der Waals surface area (Å²) < 4.78 is 0. The average molecular weight is 238 g/mol. The van der Waals surface area contributed by atoms with Crippen molar-refractivity contribution in [2.75, 3.05) is 6.54 Å². The number of hydrogen-bond donors (Lipinski definition) is 1. The summed E-state index contributed by atoms with van der Waals surface area (Å²) in [6.07, 6.45) is 3.82. The van der Waals surface area contributed by atoms with Crippen LogP contribution in [-0.2, 0) is 9.59 Å². The highest BCUT2D eigenvalue weighted by Gasteiger charge is 2.40. The number of carbonyl (C=O) groups excluding carboxylic acids is 2. The van der Waals surface area contributed by atoms with Crippen LogP contribution in [0.4, 0.5) is 0 Å². The van der Waals surface area contributed by atoms with Gasteiger partial charge in [-0.25, -0.2) is 0 Å². The number of amides is 2. The molecule has 1 aliphatic heterocycles. The van der Waals surface area contributed by atoms with Gasteiger partial charge < -0.3 is 10.6 Å². The fourth-order valence-electron chi connectivity index (χ4n) is 3.24. The number of carbonyl (C=O) groups is 2. The van der Waals surface area contributed by atoms with Crippen LogP contribution in [0.15, 0.2) is 0 Å². The van der Waals surface area contributed by atoms with E-state index in [9.17, 15) is 9.59 Å². The first-order valence-corrected chi connectivity index (χ1v) is 6.59. The molecule has 96 valence electrons. The Morgan fingerprint density at radius 1 is 1.35 bits per heavy atom. The van der Waals surface area contributed by atoms with Gasteiger partial charge in [0.2, 0.25) is 11.8 Å². The summed E-state index contributed by atoms with van der Waals surface area (Å²) in [5, 5.41) is 0. The molecule has 0 aromatic carbocycles. The molecule has 1 aliphatic carbocycles. The smallest absolute Gasteiger partial charge is 0.223 e. The monoisotopic (exact) mass is 238 g/mol. The first-order chi connectivity index (χ1) is 8.00. The van der Waals surface area contributed by atoms with Gasteiger partial charge >= 0.3 is 0 Å². The molecule has 17 heavy (non-hydrogen) atoms. The number of primary amides is 1. The Bertz CT molecular complexity index is 329. The molecule has 2 amide bonds. The second-order valence-electron chi connectivity index (χ2n) is 5.68. The minimum atomic E-state index is -0.336. The van der Waals surface area contributed by atoms with Gasteiger partial charge in [0.1, 0.15) is 0 Å². The van der Waals surface area contributed by atoms with Crippen LogP contribution in [0.1, 0.15) is 39.5 Å². The van der Waals surface area contributed by atoms with Crippen molar-refractivity contribution in [2.24, 2.45) is 23.5 Å². The van der Waals surface area contributed by atoms with Gasteiger partial charge in [-0.05, 0) is 18.3 Å². The second-order valence-corrected chi connectivity index (χ2v) is 5.68. The third-order valence-electron chi connectivity index (χ3n) is 4.62. The van der Waals surface area contributed by atoms with Gasteiger partial charge in [0.25, 0.3) is 0 Å². The van der Waals surface area contributed by atoms with Crippen molar-refractivity contribution in [2.45, 2.75) is 45.6 Å². The molecule has 4 unspecified atom stereocenters. The number of likely N-dealkylation sites (tertiary alicyclic amines) is 1. The molecule has 2 rings (SSSR count). The highest BCUT2D eigenvalue weighted by molar-refractivity contribution is 5.88. The van der Waals surface area contributed by atoms with Crippen molar-refractivity contribution in [1.29, 1.82) is 0 Å². The number of rotatable bonds is 2. The molecule has 0 bridgehead atoms. The Hall–Kier alpha value is -1.06. The predicted octanol–water partition coefficient (Wildman–Crippen LogP) is 1.14. The van der Waals surface area contributed by atoms with Gasteiger partial charge in [0.05, 0.1) is 5.92 Å². The first kappa shape index (κ1) is 12.4. The van der Waals surface area contributed by atoms with Crippen molar-refractivity contribution in [3.8, 4) is 0 Å². The molecule has 1 heterocycles. The van der Waals surface area contributed by atoms with Crippen LogP contribution in [0.2, 0.25) is 0 Å². The highest BCUT2D eigenvalue weighted by Crippen LogP contribution is 2.35. The molecular weight excluding hydrogens is 216 g/mol. The van der Waals surface area contributed by atoms with E-state index < -0.39 is 0 Å².